The van der Waals surface area contributed by atoms with Gasteiger partial charge in [-0.25, -0.2) is 0 Å². The van der Waals surface area contributed by atoms with E-state index in [1.807, 2.05) is 0 Å². The van der Waals surface area contributed by atoms with Crippen LogP contribution in [0.3, 0.4) is 0 Å². The minimum Gasteiger partial charge on any atom is -0.466 e. The second-order valence-electron chi connectivity index (χ2n) is 5.02. The quantitative estimate of drug-likeness (QED) is 0.769. The molecule has 0 spiro atoms. The van der Waals surface area contributed by atoms with Crippen LogP contribution < -0.4 is 5.73 Å². The average molecular weight is 263 g/mol. The summed E-state index contributed by atoms with van der Waals surface area (Å²) in [4.78, 5) is 11.3. The third-order valence-electron chi connectivity index (χ3n) is 3.39. The van der Waals surface area contributed by atoms with Crippen molar-refractivity contribution in [2.45, 2.75) is 52.0 Å². The maximum Gasteiger partial charge on any atom is 0.307 e. The van der Waals surface area contributed by atoms with Crippen molar-refractivity contribution in [3.8, 4) is 0 Å². The van der Waals surface area contributed by atoms with Crippen LogP contribution in [0.5, 0.6) is 0 Å². The van der Waals surface area contributed by atoms with Gasteiger partial charge in [-0.1, -0.05) is 38.1 Å². The van der Waals surface area contributed by atoms with Gasteiger partial charge in [0, 0.05) is 6.04 Å². The van der Waals surface area contributed by atoms with Gasteiger partial charge in [0.15, 0.2) is 0 Å². The number of rotatable bonds is 7. The summed E-state index contributed by atoms with van der Waals surface area (Å²) in [6.07, 6.45) is 2.13. The average Bonchev–Trinajstić information content (AvgIpc) is 2.38. The minimum absolute atomic E-state index is 0.173. The van der Waals surface area contributed by atoms with E-state index in [0.717, 1.165) is 6.42 Å². The van der Waals surface area contributed by atoms with Crippen molar-refractivity contribution in [3.05, 3.63) is 35.4 Å². The van der Waals surface area contributed by atoms with Gasteiger partial charge in [-0.05, 0) is 36.8 Å². The molecule has 2 unspecified atom stereocenters. The molecule has 0 fully saturated rings. The van der Waals surface area contributed by atoms with Gasteiger partial charge in [0.2, 0.25) is 0 Å². The zero-order valence-corrected chi connectivity index (χ0v) is 12.2. The Bertz CT molecular complexity index is 386. The van der Waals surface area contributed by atoms with Crippen molar-refractivity contribution >= 4 is 5.97 Å². The summed E-state index contributed by atoms with van der Waals surface area (Å²) in [5, 5.41) is 0. The Hall–Kier alpha value is -1.35. The maximum absolute atomic E-state index is 11.3. The number of nitrogens with two attached hydrogens (primary N) is 1. The third-order valence-corrected chi connectivity index (χ3v) is 3.39. The molecular formula is C16H25NO2. The standard InChI is InChI=1S/C16H25NO2/c1-4-12(3)14-8-6-13(7-9-14)10-15(17)11-16(18)19-5-2/h6-9,12,15H,4-5,10-11,17H2,1-3H3. The van der Waals surface area contributed by atoms with E-state index in [2.05, 4.69) is 38.1 Å². The molecule has 0 radical (unpaired) electrons. The molecule has 106 valence electrons. The van der Waals surface area contributed by atoms with E-state index in [0.29, 0.717) is 18.9 Å². The minimum atomic E-state index is -0.216. The highest BCUT2D eigenvalue weighted by Gasteiger charge is 2.11. The molecule has 2 atom stereocenters. The van der Waals surface area contributed by atoms with Crippen molar-refractivity contribution in [3.63, 3.8) is 0 Å². The Kier molecular flexibility index (Phi) is 6.57. The number of hydrogen-bond acceptors (Lipinski definition) is 3. The molecule has 1 aromatic carbocycles. The van der Waals surface area contributed by atoms with Crippen LogP contribution in [0.4, 0.5) is 0 Å². The summed E-state index contributed by atoms with van der Waals surface area (Å²) >= 11 is 0. The second-order valence-corrected chi connectivity index (χ2v) is 5.02. The first-order valence-electron chi connectivity index (χ1n) is 7.06. The molecule has 1 aromatic rings. The normalized spacial score (nSPS) is 13.9. The van der Waals surface area contributed by atoms with Crippen LogP contribution in [0.25, 0.3) is 0 Å². The van der Waals surface area contributed by atoms with E-state index in [4.69, 9.17) is 10.5 Å². The van der Waals surface area contributed by atoms with Gasteiger partial charge in [0.1, 0.15) is 0 Å². The lowest BCUT2D eigenvalue weighted by Gasteiger charge is -2.13. The summed E-state index contributed by atoms with van der Waals surface area (Å²) in [5.74, 6) is 0.369. The number of benzene rings is 1. The predicted octanol–water partition coefficient (Wildman–Crippen LogP) is 3.02. The van der Waals surface area contributed by atoms with E-state index in [1.54, 1.807) is 6.92 Å². The predicted molar refractivity (Wildman–Crippen MR) is 78.1 cm³/mol. The monoisotopic (exact) mass is 263 g/mol. The van der Waals surface area contributed by atoms with E-state index in [9.17, 15) is 4.79 Å². The van der Waals surface area contributed by atoms with Crippen molar-refractivity contribution < 1.29 is 9.53 Å². The van der Waals surface area contributed by atoms with Gasteiger partial charge in [0.25, 0.3) is 0 Å². The Morgan fingerprint density at radius 2 is 1.89 bits per heavy atom. The fourth-order valence-electron chi connectivity index (χ4n) is 2.03. The summed E-state index contributed by atoms with van der Waals surface area (Å²) in [5.41, 5.74) is 8.48. The highest BCUT2D eigenvalue weighted by atomic mass is 16.5. The molecule has 0 amide bonds. The van der Waals surface area contributed by atoms with Gasteiger partial charge in [-0.3, -0.25) is 4.79 Å². The van der Waals surface area contributed by atoms with Crippen LogP contribution in [0.1, 0.15) is 50.7 Å². The molecule has 2 N–H and O–H groups in total. The lowest BCUT2D eigenvalue weighted by molar-refractivity contribution is -0.143. The van der Waals surface area contributed by atoms with Crippen molar-refractivity contribution in [2.24, 2.45) is 5.73 Å². The van der Waals surface area contributed by atoms with Crippen molar-refractivity contribution in [1.82, 2.24) is 0 Å². The number of ether oxygens (including phenoxy) is 1. The molecule has 3 heteroatoms. The largest absolute Gasteiger partial charge is 0.466 e. The first-order chi connectivity index (χ1) is 9.06. The molecule has 0 heterocycles. The molecule has 0 saturated heterocycles. The van der Waals surface area contributed by atoms with Crippen LogP contribution >= 0.6 is 0 Å². The van der Waals surface area contributed by atoms with E-state index < -0.39 is 0 Å². The van der Waals surface area contributed by atoms with Crippen LogP contribution in [-0.4, -0.2) is 18.6 Å². The number of carbonyl (C=O) groups excluding carboxylic acids is 1. The van der Waals surface area contributed by atoms with E-state index >= 15 is 0 Å². The lowest BCUT2D eigenvalue weighted by atomic mass is 9.96. The molecule has 0 aromatic heterocycles. The lowest BCUT2D eigenvalue weighted by Crippen LogP contribution is -2.27. The SMILES string of the molecule is CCOC(=O)CC(N)Cc1ccc(C(C)CC)cc1. The highest BCUT2D eigenvalue weighted by Crippen LogP contribution is 2.19. The number of esters is 1. The maximum atomic E-state index is 11.3. The zero-order chi connectivity index (χ0) is 14.3. The van der Waals surface area contributed by atoms with Crippen LogP contribution in [0, 0.1) is 0 Å². The van der Waals surface area contributed by atoms with E-state index in [-0.39, 0.29) is 18.4 Å². The summed E-state index contributed by atoms with van der Waals surface area (Å²) < 4.78 is 4.90. The summed E-state index contributed by atoms with van der Waals surface area (Å²) in [7, 11) is 0. The Morgan fingerprint density at radius 1 is 1.26 bits per heavy atom. The number of hydrogen-bond donors (Lipinski definition) is 1. The molecule has 0 saturated carbocycles. The van der Waals surface area contributed by atoms with Crippen molar-refractivity contribution in [1.29, 1.82) is 0 Å². The molecular weight excluding hydrogens is 238 g/mol. The smallest absolute Gasteiger partial charge is 0.307 e. The van der Waals surface area contributed by atoms with Crippen LogP contribution in [0.2, 0.25) is 0 Å². The van der Waals surface area contributed by atoms with Crippen LogP contribution in [0.15, 0.2) is 24.3 Å². The molecule has 0 aliphatic rings. The van der Waals surface area contributed by atoms with E-state index in [1.165, 1.54) is 11.1 Å². The summed E-state index contributed by atoms with van der Waals surface area (Å²) in [6, 6.07) is 8.34. The molecule has 0 aliphatic carbocycles. The number of carbonyl (C=O) groups is 1. The van der Waals surface area contributed by atoms with Crippen LogP contribution in [-0.2, 0) is 16.0 Å². The molecule has 0 bridgehead atoms. The summed E-state index contributed by atoms with van der Waals surface area (Å²) in [6.45, 7) is 6.63. The van der Waals surface area contributed by atoms with Gasteiger partial charge in [0.05, 0.1) is 13.0 Å². The van der Waals surface area contributed by atoms with Gasteiger partial charge < -0.3 is 10.5 Å². The molecule has 1 rings (SSSR count). The van der Waals surface area contributed by atoms with Gasteiger partial charge >= 0.3 is 5.97 Å². The van der Waals surface area contributed by atoms with Crippen molar-refractivity contribution in [2.75, 3.05) is 6.61 Å². The Balaban J connectivity index is 2.50. The Labute approximate surface area is 116 Å². The zero-order valence-electron chi connectivity index (χ0n) is 12.2. The van der Waals surface area contributed by atoms with Gasteiger partial charge in [-0.15, -0.1) is 0 Å². The second kappa shape index (κ2) is 7.95. The Morgan fingerprint density at radius 3 is 2.42 bits per heavy atom. The fourth-order valence-corrected chi connectivity index (χ4v) is 2.03. The topological polar surface area (TPSA) is 52.3 Å². The van der Waals surface area contributed by atoms with Gasteiger partial charge in [-0.2, -0.15) is 0 Å². The first kappa shape index (κ1) is 15.7. The fraction of sp³-hybridized carbons (Fsp3) is 0.562. The first-order valence-corrected chi connectivity index (χ1v) is 7.06. The molecule has 0 aliphatic heterocycles. The molecule has 3 nitrogen and oxygen atoms in total. The third kappa shape index (κ3) is 5.43. The molecule has 19 heavy (non-hydrogen) atoms. The highest BCUT2D eigenvalue weighted by molar-refractivity contribution is 5.70.